The van der Waals surface area contributed by atoms with Crippen LogP contribution in [0.25, 0.3) is 0 Å². The van der Waals surface area contributed by atoms with E-state index in [0.29, 0.717) is 5.56 Å². The zero-order valence-corrected chi connectivity index (χ0v) is 10.6. The van der Waals surface area contributed by atoms with E-state index in [2.05, 4.69) is 5.32 Å². The first-order chi connectivity index (χ1) is 9.08. The number of aliphatic hydroxyl groups is 1. The van der Waals surface area contributed by atoms with E-state index in [9.17, 15) is 9.59 Å². The molecule has 0 fully saturated rings. The molecule has 0 bridgehead atoms. The summed E-state index contributed by atoms with van der Waals surface area (Å²) in [5.41, 5.74) is 3.11. The van der Waals surface area contributed by atoms with Crippen molar-refractivity contribution in [3.63, 3.8) is 0 Å². The molecular formula is C14H17NO4. The summed E-state index contributed by atoms with van der Waals surface area (Å²) in [4.78, 5) is 22.3. The Morgan fingerprint density at radius 3 is 2.74 bits per heavy atom. The third kappa shape index (κ3) is 3.32. The van der Waals surface area contributed by atoms with E-state index in [1.54, 1.807) is 6.07 Å². The van der Waals surface area contributed by atoms with E-state index < -0.39 is 12.1 Å². The van der Waals surface area contributed by atoms with Crippen molar-refractivity contribution < 1.29 is 19.8 Å². The highest BCUT2D eigenvalue weighted by atomic mass is 16.4. The van der Waals surface area contributed by atoms with Gasteiger partial charge in [-0.1, -0.05) is 6.07 Å². The molecule has 1 aliphatic carbocycles. The maximum Gasteiger partial charge on any atom is 0.332 e. The van der Waals surface area contributed by atoms with Crippen LogP contribution in [0.1, 0.15) is 34.3 Å². The summed E-state index contributed by atoms with van der Waals surface area (Å²) in [6.45, 7) is 0.142. The van der Waals surface area contributed by atoms with Crippen LogP contribution in [0.3, 0.4) is 0 Å². The van der Waals surface area contributed by atoms with Gasteiger partial charge in [0.1, 0.15) is 0 Å². The number of carbonyl (C=O) groups is 2. The summed E-state index contributed by atoms with van der Waals surface area (Å²) in [6, 6.07) is 5.65. The smallest absolute Gasteiger partial charge is 0.332 e. The lowest BCUT2D eigenvalue weighted by molar-refractivity contribution is -0.146. The van der Waals surface area contributed by atoms with Crippen molar-refractivity contribution >= 4 is 11.9 Å². The number of benzene rings is 1. The number of aryl methyl sites for hydroxylation is 2. The van der Waals surface area contributed by atoms with Crippen LogP contribution in [0.5, 0.6) is 0 Å². The molecule has 0 spiro atoms. The van der Waals surface area contributed by atoms with E-state index in [4.69, 9.17) is 10.2 Å². The van der Waals surface area contributed by atoms with Gasteiger partial charge in [-0.15, -0.1) is 0 Å². The SMILES string of the molecule is O=C(NCCC(O)C(=O)O)c1ccc2c(c1)CCC2. The summed E-state index contributed by atoms with van der Waals surface area (Å²) in [6.07, 6.45) is 1.79. The minimum Gasteiger partial charge on any atom is -0.479 e. The number of rotatable bonds is 5. The Hall–Kier alpha value is -1.88. The second-order valence-corrected chi connectivity index (χ2v) is 4.74. The molecule has 3 N–H and O–H groups in total. The molecule has 0 aliphatic heterocycles. The highest BCUT2D eigenvalue weighted by Crippen LogP contribution is 2.22. The van der Waals surface area contributed by atoms with Gasteiger partial charge < -0.3 is 15.5 Å². The number of aliphatic carboxylic acids is 1. The van der Waals surface area contributed by atoms with Gasteiger partial charge in [0.25, 0.3) is 5.91 Å². The molecule has 0 heterocycles. The van der Waals surface area contributed by atoms with Gasteiger partial charge in [-0.25, -0.2) is 4.79 Å². The summed E-state index contributed by atoms with van der Waals surface area (Å²) in [5, 5.41) is 20.2. The second-order valence-electron chi connectivity index (χ2n) is 4.74. The summed E-state index contributed by atoms with van der Waals surface area (Å²) < 4.78 is 0. The predicted octanol–water partition coefficient (Wildman–Crippen LogP) is 0.741. The molecule has 1 atom stereocenters. The van der Waals surface area contributed by atoms with Crippen LogP contribution in [0.15, 0.2) is 18.2 Å². The van der Waals surface area contributed by atoms with Gasteiger partial charge in [0, 0.05) is 18.5 Å². The minimum absolute atomic E-state index is 0.00597. The fourth-order valence-corrected chi connectivity index (χ4v) is 2.26. The molecule has 1 unspecified atom stereocenters. The van der Waals surface area contributed by atoms with Crippen LogP contribution in [0.4, 0.5) is 0 Å². The molecule has 0 saturated carbocycles. The maximum absolute atomic E-state index is 11.9. The molecule has 1 amide bonds. The number of fused-ring (bicyclic) bond motifs is 1. The lowest BCUT2D eigenvalue weighted by atomic mass is 10.1. The van der Waals surface area contributed by atoms with Gasteiger partial charge >= 0.3 is 5.97 Å². The van der Waals surface area contributed by atoms with E-state index in [1.807, 2.05) is 12.1 Å². The van der Waals surface area contributed by atoms with Gasteiger partial charge in [0.15, 0.2) is 6.10 Å². The first kappa shape index (κ1) is 13.5. The number of amides is 1. The molecule has 19 heavy (non-hydrogen) atoms. The average molecular weight is 263 g/mol. The Kier molecular flexibility index (Phi) is 4.16. The van der Waals surface area contributed by atoms with E-state index in [0.717, 1.165) is 19.3 Å². The van der Waals surface area contributed by atoms with Crippen LogP contribution in [-0.4, -0.2) is 34.7 Å². The van der Waals surface area contributed by atoms with Crippen LogP contribution < -0.4 is 5.32 Å². The zero-order valence-electron chi connectivity index (χ0n) is 10.6. The van der Waals surface area contributed by atoms with Gasteiger partial charge in [-0.3, -0.25) is 4.79 Å². The Morgan fingerprint density at radius 2 is 2.00 bits per heavy atom. The largest absolute Gasteiger partial charge is 0.479 e. The van der Waals surface area contributed by atoms with E-state index >= 15 is 0 Å². The predicted molar refractivity (Wildman–Crippen MR) is 69.1 cm³/mol. The number of aliphatic hydroxyl groups excluding tert-OH is 1. The Morgan fingerprint density at radius 1 is 1.26 bits per heavy atom. The molecule has 5 heteroatoms. The third-order valence-electron chi connectivity index (χ3n) is 3.35. The van der Waals surface area contributed by atoms with Crippen LogP contribution in [0, 0.1) is 0 Å². The third-order valence-corrected chi connectivity index (χ3v) is 3.35. The first-order valence-corrected chi connectivity index (χ1v) is 6.39. The van der Waals surface area contributed by atoms with Gasteiger partial charge in [-0.2, -0.15) is 0 Å². The van der Waals surface area contributed by atoms with Crippen molar-refractivity contribution in [2.45, 2.75) is 31.8 Å². The number of hydrogen-bond acceptors (Lipinski definition) is 3. The zero-order chi connectivity index (χ0) is 13.8. The van der Waals surface area contributed by atoms with Crippen LogP contribution in [-0.2, 0) is 17.6 Å². The van der Waals surface area contributed by atoms with Crippen molar-refractivity contribution in [3.05, 3.63) is 34.9 Å². The van der Waals surface area contributed by atoms with Crippen molar-refractivity contribution in [2.75, 3.05) is 6.54 Å². The summed E-state index contributed by atoms with van der Waals surface area (Å²) in [7, 11) is 0. The highest BCUT2D eigenvalue weighted by Gasteiger charge is 2.15. The maximum atomic E-state index is 11.9. The lowest BCUT2D eigenvalue weighted by Gasteiger charge is -2.08. The minimum atomic E-state index is -1.43. The Bertz CT molecular complexity index is 498. The molecule has 1 aliphatic rings. The van der Waals surface area contributed by atoms with Crippen molar-refractivity contribution in [1.29, 1.82) is 0 Å². The molecule has 2 rings (SSSR count). The number of hydrogen-bond donors (Lipinski definition) is 3. The van der Waals surface area contributed by atoms with Gasteiger partial charge in [-0.05, 0) is 42.5 Å². The number of carboxylic acid groups (broad SMARTS) is 1. The van der Waals surface area contributed by atoms with Crippen molar-refractivity contribution in [1.82, 2.24) is 5.32 Å². The summed E-state index contributed by atoms with van der Waals surface area (Å²) in [5.74, 6) is -1.50. The average Bonchev–Trinajstić information content (AvgIpc) is 2.85. The topological polar surface area (TPSA) is 86.6 Å². The second kappa shape index (κ2) is 5.84. The monoisotopic (exact) mass is 263 g/mol. The molecule has 102 valence electrons. The first-order valence-electron chi connectivity index (χ1n) is 6.39. The molecular weight excluding hydrogens is 246 g/mol. The van der Waals surface area contributed by atoms with Gasteiger partial charge in [0.2, 0.25) is 0 Å². The van der Waals surface area contributed by atoms with E-state index in [-0.39, 0.29) is 18.9 Å². The fourth-order valence-electron chi connectivity index (χ4n) is 2.26. The fraction of sp³-hybridized carbons (Fsp3) is 0.429. The van der Waals surface area contributed by atoms with Crippen LogP contribution in [0.2, 0.25) is 0 Å². The summed E-state index contributed by atoms with van der Waals surface area (Å²) >= 11 is 0. The highest BCUT2D eigenvalue weighted by molar-refractivity contribution is 5.94. The quantitative estimate of drug-likeness (QED) is 0.731. The molecule has 1 aromatic carbocycles. The molecule has 0 aromatic heterocycles. The van der Waals surface area contributed by atoms with E-state index in [1.165, 1.54) is 11.1 Å². The Balaban J connectivity index is 1.88. The number of carboxylic acids is 1. The standard InChI is InChI=1S/C14H17NO4/c16-12(14(18)19)6-7-15-13(17)11-5-4-9-2-1-3-10(9)8-11/h4-5,8,12,16H,1-3,6-7H2,(H,15,17)(H,18,19). The normalized spacial score (nSPS) is 14.8. The number of carbonyl (C=O) groups excluding carboxylic acids is 1. The van der Waals surface area contributed by atoms with Crippen molar-refractivity contribution in [2.24, 2.45) is 0 Å². The van der Waals surface area contributed by atoms with Crippen molar-refractivity contribution in [3.8, 4) is 0 Å². The Labute approximate surface area is 111 Å². The molecule has 5 nitrogen and oxygen atoms in total. The molecule has 1 aromatic rings. The van der Waals surface area contributed by atoms with Crippen LogP contribution >= 0.6 is 0 Å². The molecule has 0 saturated heterocycles. The lowest BCUT2D eigenvalue weighted by Crippen LogP contribution is -2.30. The number of nitrogens with one attached hydrogen (secondary N) is 1. The van der Waals surface area contributed by atoms with Gasteiger partial charge in [0.05, 0.1) is 0 Å². The molecule has 0 radical (unpaired) electrons.